The Morgan fingerprint density at radius 3 is 2.68 bits per heavy atom. The van der Waals surface area contributed by atoms with Gasteiger partial charge >= 0.3 is 6.09 Å². The summed E-state index contributed by atoms with van der Waals surface area (Å²) in [5, 5.41) is 28.7. The van der Waals surface area contributed by atoms with E-state index in [9.17, 15) is 10.0 Å². The van der Waals surface area contributed by atoms with Gasteiger partial charge in [0.15, 0.2) is 0 Å². The second-order valence-corrected chi connectivity index (χ2v) is 5.87. The van der Waals surface area contributed by atoms with Crippen molar-refractivity contribution >= 4 is 6.09 Å². The van der Waals surface area contributed by atoms with Crippen LogP contribution in [0.4, 0.5) is 4.79 Å². The summed E-state index contributed by atoms with van der Waals surface area (Å²) in [5.41, 5.74) is 0.587. The molecule has 7 heteroatoms. The third-order valence-corrected chi connectivity index (χ3v) is 2.89. The highest BCUT2D eigenvalue weighted by Crippen LogP contribution is 2.25. The Hall–Kier alpha value is -2.17. The molecule has 0 aliphatic carbocycles. The van der Waals surface area contributed by atoms with E-state index < -0.39 is 17.7 Å². The van der Waals surface area contributed by atoms with Crippen LogP contribution in [0.15, 0.2) is 12.3 Å². The monoisotopic (exact) mass is 307 g/mol. The maximum absolute atomic E-state index is 12.0. The zero-order valence-electron chi connectivity index (χ0n) is 13.2. The van der Waals surface area contributed by atoms with Crippen LogP contribution >= 0.6 is 0 Å². The number of aryl methyl sites for hydroxylation is 1. The number of hydrogen-bond donors (Lipinski definition) is 2. The average Bonchev–Trinajstić information content (AvgIpc) is 2.43. The summed E-state index contributed by atoms with van der Waals surface area (Å²) in [7, 11) is 0. The molecular weight excluding hydrogens is 286 g/mol. The SMILES string of the molecule is Cc1ncc([C@H](CCO)N(O)C(=O)OC(C)(C)C)cc1C#N. The molecule has 1 rings (SSSR count). The maximum Gasteiger partial charge on any atom is 0.434 e. The predicted octanol–water partition coefficient (Wildman–Crippen LogP) is 2.31. The van der Waals surface area contributed by atoms with Crippen LogP contribution in [0.2, 0.25) is 0 Å². The van der Waals surface area contributed by atoms with Crippen LogP contribution in [0.3, 0.4) is 0 Å². The molecule has 0 aromatic carbocycles. The highest BCUT2D eigenvalue weighted by molar-refractivity contribution is 5.67. The maximum atomic E-state index is 12.0. The number of amides is 1. The fourth-order valence-electron chi connectivity index (χ4n) is 1.83. The second-order valence-electron chi connectivity index (χ2n) is 5.87. The molecule has 1 heterocycles. The molecular formula is C15H21N3O4. The number of nitriles is 1. The van der Waals surface area contributed by atoms with Gasteiger partial charge in [0.25, 0.3) is 0 Å². The van der Waals surface area contributed by atoms with Gasteiger partial charge in [0.2, 0.25) is 0 Å². The quantitative estimate of drug-likeness (QED) is 0.653. The minimum atomic E-state index is -0.926. The lowest BCUT2D eigenvalue weighted by Gasteiger charge is -2.28. The lowest BCUT2D eigenvalue weighted by Crippen LogP contribution is -2.37. The van der Waals surface area contributed by atoms with Gasteiger partial charge in [0.1, 0.15) is 11.7 Å². The van der Waals surface area contributed by atoms with Crippen LogP contribution in [0.5, 0.6) is 0 Å². The fourth-order valence-corrected chi connectivity index (χ4v) is 1.83. The lowest BCUT2D eigenvalue weighted by atomic mass is 10.0. The summed E-state index contributed by atoms with van der Waals surface area (Å²) in [6, 6.07) is 2.69. The van der Waals surface area contributed by atoms with Crippen molar-refractivity contribution in [1.82, 2.24) is 10.0 Å². The Labute approximate surface area is 129 Å². The van der Waals surface area contributed by atoms with Crippen molar-refractivity contribution < 1.29 is 19.8 Å². The minimum Gasteiger partial charge on any atom is -0.442 e. The van der Waals surface area contributed by atoms with E-state index in [1.165, 1.54) is 12.3 Å². The third kappa shape index (κ3) is 4.69. The molecule has 1 amide bonds. The summed E-state index contributed by atoms with van der Waals surface area (Å²) < 4.78 is 5.10. The van der Waals surface area contributed by atoms with Crippen molar-refractivity contribution in [2.24, 2.45) is 0 Å². The highest BCUT2D eigenvalue weighted by Gasteiger charge is 2.28. The molecule has 0 aliphatic rings. The molecule has 1 aromatic rings. The number of nitrogens with zero attached hydrogens (tertiary/aromatic N) is 3. The molecule has 1 aromatic heterocycles. The van der Waals surface area contributed by atoms with E-state index in [2.05, 4.69) is 4.98 Å². The number of pyridine rings is 1. The van der Waals surface area contributed by atoms with Gasteiger partial charge in [0.05, 0.1) is 17.3 Å². The summed E-state index contributed by atoms with van der Waals surface area (Å²) in [6.07, 6.45) is 0.625. The first-order valence-corrected chi connectivity index (χ1v) is 6.88. The number of hydrogen-bond acceptors (Lipinski definition) is 6. The van der Waals surface area contributed by atoms with Crippen LogP contribution in [0.25, 0.3) is 0 Å². The van der Waals surface area contributed by atoms with E-state index in [4.69, 9.17) is 15.1 Å². The standard InChI is InChI=1S/C15H21N3O4/c1-10-11(8-16)7-12(9-17-10)13(5-6-19)18(21)14(20)22-15(2,3)4/h7,9,13,19,21H,5-6H2,1-4H3/t13-/m0/s1. The van der Waals surface area contributed by atoms with Crippen molar-refractivity contribution in [2.75, 3.05) is 6.61 Å². The zero-order chi connectivity index (χ0) is 16.9. The molecule has 0 radical (unpaired) electrons. The Morgan fingerprint density at radius 2 is 2.18 bits per heavy atom. The van der Waals surface area contributed by atoms with Crippen LogP contribution in [0, 0.1) is 18.3 Å². The number of aliphatic hydroxyl groups excluding tert-OH is 1. The van der Waals surface area contributed by atoms with Gasteiger partial charge in [-0.05, 0) is 45.7 Å². The van der Waals surface area contributed by atoms with E-state index in [1.807, 2.05) is 6.07 Å². The Balaban J connectivity index is 3.08. The Morgan fingerprint density at radius 1 is 1.55 bits per heavy atom. The molecule has 0 saturated carbocycles. The Kier molecular flexibility index (Phi) is 5.85. The third-order valence-electron chi connectivity index (χ3n) is 2.89. The van der Waals surface area contributed by atoms with E-state index in [1.54, 1.807) is 27.7 Å². The average molecular weight is 307 g/mol. The lowest BCUT2D eigenvalue weighted by molar-refractivity contribution is -0.125. The van der Waals surface area contributed by atoms with Crippen molar-refractivity contribution in [3.8, 4) is 6.07 Å². The van der Waals surface area contributed by atoms with Gasteiger partial charge in [-0.25, -0.2) is 4.79 Å². The number of aromatic nitrogens is 1. The molecule has 0 unspecified atom stereocenters. The van der Waals surface area contributed by atoms with Crippen LogP contribution < -0.4 is 0 Å². The second kappa shape index (κ2) is 7.20. The van der Waals surface area contributed by atoms with Gasteiger partial charge in [-0.15, -0.1) is 0 Å². The molecule has 0 saturated heterocycles. The first-order chi connectivity index (χ1) is 10.2. The molecule has 1 atom stereocenters. The molecule has 2 N–H and O–H groups in total. The molecule has 7 nitrogen and oxygen atoms in total. The number of aliphatic hydroxyl groups is 1. The molecule has 120 valence electrons. The van der Waals surface area contributed by atoms with E-state index >= 15 is 0 Å². The van der Waals surface area contributed by atoms with E-state index in [0.717, 1.165) is 0 Å². The van der Waals surface area contributed by atoms with Crippen molar-refractivity contribution in [3.63, 3.8) is 0 Å². The largest absolute Gasteiger partial charge is 0.442 e. The van der Waals surface area contributed by atoms with Gasteiger partial charge in [-0.1, -0.05) is 0 Å². The zero-order valence-corrected chi connectivity index (χ0v) is 13.2. The number of carbonyl (C=O) groups is 1. The van der Waals surface area contributed by atoms with Gasteiger partial charge in [0, 0.05) is 12.8 Å². The number of ether oxygens (including phenoxy) is 1. The summed E-state index contributed by atoms with van der Waals surface area (Å²) in [5.74, 6) is 0. The predicted molar refractivity (Wildman–Crippen MR) is 78.0 cm³/mol. The first-order valence-electron chi connectivity index (χ1n) is 6.88. The van der Waals surface area contributed by atoms with Crippen molar-refractivity contribution in [2.45, 2.75) is 45.8 Å². The number of hydroxylamine groups is 2. The van der Waals surface area contributed by atoms with E-state index in [0.29, 0.717) is 21.9 Å². The molecule has 22 heavy (non-hydrogen) atoms. The molecule has 0 bridgehead atoms. The topological polar surface area (TPSA) is 107 Å². The summed E-state index contributed by atoms with van der Waals surface area (Å²) in [4.78, 5) is 16.0. The molecule has 0 spiro atoms. The van der Waals surface area contributed by atoms with Crippen LogP contribution in [-0.2, 0) is 4.74 Å². The summed E-state index contributed by atoms with van der Waals surface area (Å²) >= 11 is 0. The Bertz CT molecular complexity index is 575. The van der Waals surface area contributed by atoms with Gasteiger partial charge in [-0.2, -0.15) is 10.3 Å². The normalized spacial score (nSPS) is 12.4. The molecule has 0 fully saturated rings. The fraction of sp³-hybridized carbons (Fsp3) is 0.533. The first kappa shape index (κ1) is 17.9. The smallest absolute Gasteiger partial charge is 0.434 e. The summed E-state index contributed by atoms with van der Waals surface area (Å²) in [6.45, 7) is 6.48. The molecule has 0 aliphatic heterocycles. The minimum absolute atomic E-state index is 0.0886. The van der Waals surface area contributed by atoms with Crippen molar-refractivity contribution in [1.29, 1.82) is 5.26 Å². The van der Waals surface area contributed by atoms with E-state index in [-0.39, 0.29) is 13.0 Å². The van der Waals surface area contributed by atoms with Crippen LogP contribution in [0.1, 0.15) is 50.1 Å². The number of carbonyl (C=O) groups excluding carboxylic acids is 1. The van der Waals surface area contributed by atoms with Gasteiger partial charge in [-0.3, -0.25) is 10.2 Å². The van der Waals surface area contributed by atoms with Crippen molar-refractivity contribution in [3.05, 3.63) is 29.1 Å². The van der Waals surface area contributed by atoms with Gasteiger partial charge < -0.3 is 9.84 Å². The van der Waals surface area contributed by atoms with Crippen LogP contribution in [-0.4, -0.2) is 38.7 Å². The number of rotatable bonds is 4. The highest BCUT2D eigenvalue weighted by atomic mass is 16.6.